The highest BCUT2D eigenvalue weighted by Crippen LogP contribution is 2.50. The van der Waals surface area contributed by atoms with Crippen molar-refractivity contribution in [2.45, 2.75) is 31.3 Å². The molecule has 1 aromatic heterocycles. The normalized spacial score (nSPS) is 19.0. The lowest BCUT2D eigenvalue weighted by Crippen LogP contribution is -2.53. The molecular weight excluding hydrogens is 403 g/mol. The van der Waals surface area contributed by atoms with E-state index in [1.165, 1.54) is 27.8 Å². The highest BCUT2D eigenvalue weighted by Gasteiger charge is 2.53. The number of amides is 1. The van der Waals surface area contributed by atoms with Crippen LogP contribution in [0.1, 0.15) is 25.7 Å². The van der Waals surface area contributed by atoms with Crippen molar-refractivity contribution in [1.29, 1.82) is 0 Å². The Bertz CT molecular complexity index is 1290. The Morgan fingerprint density at radius 1 is 1.16 bits per heavy atom. The molecule has 5 rings (SSSR count). The fourth-order valence-corrected chi connectivity index (χ4v) is 4.48. The molecule has 0 saturated carbocycles. The number of halogens is 1. The third-order valence-electron chi connectivity index (χ3n) is 5.84. The Morgan fingerprint density at radius 3 is 2.68 bits per heavy atom. The number of hydrogen-bond acceptors (Lipinski definition) is 5. The second kappa shape index (κ2) is 6.83. The van der Waals surface area contributed by atoms with Crippen molar-refractivity contribution in [3.8, 4) is 22.6 Å². The number of carboxylic acid groups (broad SMARTS) is 1. The Morgan fingerprint density at radius 2 is 1.94 bits per heavy atom. The number of aromatic nitrogens is 3. The average molecular weight is 420 g/mol. The van der Waals surface area contributed by atoms with Gasteiger partial charge in [-0.25, -0.2) is 9.07 Å². The summed E-state index contributed by atoms with van der Waals surface area (Å²) in [5.74, 6) is -1.66. The smallest absolute Gasteiger partial charge is 0.303 e. The molecule has 2 aliphatic heterocycles. The zero-order chi connectivity index (χ0) is 21.8. The highest BCUT2D eigenvalue weighted by molar-refractivity contribution is 6.01. The van der Waals surface area contributed by atoms with E-state index in [0.717, 1.165) is 0 Å². The first kappa shape index (κ1) is 19.1. The fraction of sp³-hybridized carbons (Fsp3) is 0.227. The Labute approximate surface area is 175 Å². The van der Waals surface area contributed by atoms with Crippen molar-refractivity contribution in [3.63, 3.8) is 0 Å². The van der Waals surface area contributed by atoms with Gasteiger partial charge in [0.25, 0.3) is 5.56 Å². The maximum atomic E-state index is 14.1. The largest absolute Gasteiger partial charge is 0.481 e. The predicted octanol–water partition coefficient (Wildman–Crippen LogP) is 2.77. The first-order chi connectivity index (χ1) is 14.9. The van der Waals surface area contributed by atoms with Crippen LogP contribution in [0.5, 0.6) is 0 Å². The summed E-state index contributed by atoms with van der Waals surface area (Å²) in [7, 11) is 0. The molecule has 1 fully saturated rings. The summed E-state index contributed by atoms with van der Waals surface area (Å²) in [6, 6.07) is 12.7. The van der Waals surface area contributed by atoms with Crippen molar-refractivity contribution in [2.75, 3.05) is 4.90 Å². The predicted molar refractivity (Wildman–Crippen MR) is 109 cm³/mol. The lowest BCUT2D eigenvalue weighted by Gasteiger charge is -2.44. The number of carboxylic acids is 1. The van der Waals surface area contributed by atoms with Crippen LogP contribution in [0.15, 0.2) is 53.3 Å². The van der Waals surface area contributed by atoms with Gasteiger partial charge in [0, 0.05) is 36.8 Å². The zero-order valence-electron chi connectivity index (χ0n) is 16.3. The second-order valence-electron chi connectivity index (χ2n) is 7.63. The molecule has 0 spiro atoms. The van der Waals surface area contributed by atoms with Gasteiger partial charge in [0.2, 0.25) is 5.91 Å². The molecule has 0 bridgehead atoms. The number of aliphatic carboxylic acids is 1. The minimum Gasteiger partial charge on any atom is -0.481 e. The Balaban J connectivity index is 1.83. The summed E-state index contributed by atoms with van der Waals surface area (Å²) >= 11 is 0. The second-order valence-corrected chi connectivity index (χ2v) is 7.63. The molecule has 1 atom stereocenters. The fourth-order valence-electron chi connectivity index (χ4n) is 4.48. The van der Waals surface area contributed by atoms with Crippen molar-refractivity contribution in [3.05, 3.63) is 64.7 Å². The number of rotatable bonds is 4. The lowest BCUT2D eigenvalue weighted by atomic mass is 9.95. The lowest BCUT2D eigenvalue weighted by molar-refractivity contribution is -0.137. The van der Waals surface area contributed by atoms with Crippen LogP contribution in [0, 0.1) is 5.82 Å². The van der Waals surface area contributed by atoms with Crippen LogP contribution in [0.4, 0.5) is 10.1 Å². The van der Waals surface area contributed by atoms with Crippen LogP contribution in [0.25, 0.3) is 22.6 Å². The molecule has 2 aromatic carbocycles. The molecule has 9 heteroatoms. The number of carbonyl (C=O) groups is 2. The topological polar surface area (TPSA) is 105 Å². The number of benzene rings is 2. The van der Waals surface area contributed by atoms with E-state index in [-0.39, 0.29) is 42.3 Å². The molecule has 3 aromatic rings. The minimum absolute atomic E-state index is 0.0731. The molecule has 0 radical (unpaired) electrons. The molecule has 3 heterocycles. The summed E-state index contributed by atoms with van der Waals surface area (Å²) < 4.78 is 15.6. The van der Waals surface area contributed by atoms with Gasteiger partial charge < -0.3 is 5.11 Å². The van der Waals surface area contributed by atoms with Crippen LogP contribution >= 0.6 is 0 Å². The van der Waals surface area contributed by atoms with E-state index in [1.807, 2.05) is 0 Å². The molecule has 1 saturated heterocycles. The quantitative estimate of drug-likeness (QED) is 0.696. The number of carbonyl (C=O) groups excluding carboxylic acids is 1. The van der Waals surface area contributed by atoms with Gasteiger partial charge in [-0.2, -0.15) is 10.1 Å². The molecule has 2 aliphatic rings. The van der Waals surface area contributed by atoms with Gasteiger partial charge in [0.05, 0.1) is 5.69 Å². The van der Waals surface area contributed by atoms with Gasteiger partial charge >= 0.3 is 5.97 Å². The molecule has 156 valence electrons. The van der Waals surface area contributed by atoms with E-state index in [9.17, 15) is 23.9 Å². The van der Waals surface area contributed by atoms with Crippen molar-refractivity contribution in [1.82, 2.24) is 14.8 Å². The Kier molecular flexibility index (Phi) is 4.21. The van der Waals surface area contributed by atoms with Gasteiger partial charge in [-0.05, 0) is 18.2 Å². The van der Waals surface area contributed by atoms with Gasteiger partial charge in [-0.15, -0.1) is 0 Å². The number of nitrogens with zero attached hydrogens (tertiary/aromatic N) is 4. The van der Waals surface area contributed by atoms with Gasteiger partial charge in [-0.3, -0.25) is 19.3 Å². The maximum Gasteiger partial charge on any atom is 0.303 e. The summed E-state index contributed by atoms with van der Waals surface area (Å²) in [5, 5.41) is 13.9. The van der Waals surface area contributed by atoms with Crippen LogP contribution in [-0.4, -0.2) is 31.7 Å². The molecule has 1 N–H and O–H groups in total. The molecule has 31 heavy (non-hydrogen) atoms. The Hall–Kier alpha value is -3.88. The van der Waals surface area contributed by atoms with E-state index in [4.69, 9.17) is 0 Å². The average Bonchev–Trinajstić information content (AvgIpc) is 3.10. The van der Waals surface area contributed by atoms with E-state index < -0.39 is 23.0 Å². The number of hydrogen-bond donors (Lipinski definition) is 1. The van der Waals surface area contributed by atoms with Crippen molar-refractivity contribution in [2.24, 2.45) is 0 Å². The zero-order valence-corrected chi connectivity index (χ0v) is 16.3. The summed E-state index contributed by atoms with van der Waals surface area (Å²) in [6.45, 7) is 0. The van der Waals surface area contributed by atoms with Crippen molar-refractivity contribution < 1.29 is 19.1 Å². The van der Waals surface area contributed by atoms with Gasteiger partial charge in [0.1, 0.15) is 11.5 Å². The van der Waals surface area contributed by atoms with Crippen molar-refractivity contribution >= 4 is 17.6 Å². The van der Waals surface area contributed by atoms with Crippen LogP contribution in [0.3, 0.4) is 0 Å². The number of fused-ring (bicyclic) bond motifs is 6. The minimum atomic E-state index is -1.14. The summed E-state index contributed by atoms with van der Waals surface area (Å²) in [5.41, 5.74) is -0.428. The number of anilines is 1. The van der Waals surface area contributed by atoms with Crippen LogP contribution < -0.4 is 10.5 Å². The summed E-state index contributed by atoms with van der Waals surface area (Å²) in [6.07, 6.45) is 0.330. The van der Waals surface area contributed by atoms with Gasteiger partial charge in [-0.1, -0.05) is 30.3 Å². The van der Waals surface area contributed by atoms with Gasteiger partial charge in [0.15, 0.2) is 11.5 Å². The first-order valence-electron chi connectivity index (χ1n) is 9.83. The first-order valence-corrected chi connectivity index (χ1v) is 9.83. The molecular formula is C22H17FN4O4. The van der Waals surface area contributed by atoms with Crippen LogP contribution in [0.2, 0.25) is 0 Å². The monoisotopic (exact) mass is 420 g/mol. The van der Waals surface area contributed by atoms with E-state index >= 15 is 0 Å². The van der Waals surface area contributed by atoms with E-state index in [2.05, 4.69) is 10.1 Å². The maximum absolute atomic E-state index is 14.1. The standard InChI is InChI=1S/C22H17FN4O4/c23-14-6-7-16-15(12-14)20-24-21(31)19(13-4-2-1-3-5-13)25-27(20)22(11-9-18(29)30)10-8-17(28)26(16)22/h1-7,12H,8-11H2,(H,29,30)/t22-/m0/s1. The summed E-state index contributed by atoms with van der Waals surface area (Å²) in [4.78, 5) is 42.9. The molecule has 1 amide bonds. The SMILES string of the molecule is O=C(O)CC[C@@]12CCC(=O)N1c1ccc(F)cc1-c1nc(=O)c(-c3ccccc3)nn12. The van der Waals surface area contributed by atoms with E-state index in [1.54, 1.807) is 30.3 Å². The third kappa shape index (κ3) is 2.84. The molecule has 0 aliphatic carbocycles. The molecule has 8 nitrogen and oxygen atoms in total. The van der Waals surface area contributed by atoms with E-state index in [0.29, 0.717) is 17.7 Å². The third-order valence-corrected chi connectivity index (χ3v) is 5.84. The molecule has 0 unspecified atom stereocenters. The highest BCUT2D eigenvalue weighted by atomic mass is 19.1. The van der Waals surface area contributed by atoms with Crippen LogP contribution in [-0.2, 0) is 15.3 Å².